The van der Waals surface area contributed by atoms with Crippen molar-refractivity contribution in [3.8, 4) is 0 Å². The zero-order valence-corrected chi connectivity index (χ0v) is 11.9. The van der Waals surface area contributed by atoms with Crippen LogP contribution < -0.4 is 3.53 Å². The Hall–Kier alpha value is 0.610. The number of piperidine rings is 1. The van der Waals surface area contributed by atoms with Crippen LogP contribution in [0.3, 0.4) is 0 Å². The third kappa shape index (κ3) is 2.40. The Bertz CT molecular complexity index is 188. The summed E-state index contributed by atoms with van der Waals surface area (Å²) < 4.78 is 3.35. The molecule has 1 aliphatic rings. The fourth-order valence-electron chi connectivity index (χ4n) is 2.83. The monoisotopic (exact) mass is 312 g/mol. The van der Waals surface area contributed by atoms with Crippen molar-refractivity contribution in [2.75, 3.05) is 7.11 Å². The summed E-state index contributed by atoms with van der Waals surface area (Å²) >= 11 is 2.25. The van der Waals surface area contributed by atoms with E-state index < -0.39 is 0 Å². The SMILES string of the molecule is CON1C(C)(C)CC(NI)CC1(C)C. The lowest BCUT2D eigenvalue weighted by atomic mass is 9.79. The minimum absolute atomic E-state index is 0.0966. The van der Waals surface area contributed by atoms with Crippen LogP contribution in [0.4, 0.5) is 0 Å². The van der Waals surface area contributed by atoms with Crippen molar-refractivity contribution in [2.45, 2.75) is 57.7 Å². The molecule has 1 saturated heterocycles. The molecule has 1 aliphatic heterocycles. The Morgan fingerprint density at radius 3 is 1.93 bits per heavy atom. The third-order valence-electron chi connectivity index (χ3n) is 2.93. The molecule has 0 aromatic carbocycles. The van der Waals surface area contributed by atoms with Gasteiger partial charge in [0.15, 0.2) is 0 Å². The summed E-state index contributed by atoms with van der Waals surface area (Å²) in [5.41, 5.74) is 0.193. The second kappa shape index (κ2) is 4.23. The van der Waals surface area contributed by atoms with E-state index in [-0.39, 0.29) is 11.1 Å². The van der Waals surface area contributed by atoms with Crippen LogP contribution in [0.2, 0.25) is 0 Å². The van der Waals surface area contributed by atoms with Gasteiger partial charge in [-0.25, -0.2) is 0 Å². The maximum atomic E-state index is 5.52. The second-order valence-electron chi connectivity index (χ2n) is 5.32. The highest BCUT2D eigenvalue weighted by Gasteiger charge is 2.45. The molecule has 0 aromatic heterocycles. The van der Waals surface area contributed by atoms with E-state index in [2.05, 4.69) is 59.2 Å². The molecule has 0 bridgehead atoms. The number of hydrogen-bond donors (Lipinski definition) is 1. The van der Waals surface area contributed by atoms with E-state index in [1.807, 2.05) is 0 Å². The zero-order chi connectivity index (χ0) is 11.0. The van der Waals surface area contributed by atoms with Gasteiger partial charge in [-0.1, -0.05) is 0 Å². The lowest BCUT2D eigenvalue weighted by Crippen LogP contribution is -2.62. The summed E-state index contributed by atoms with van der Waals surface area (Å²) in [5, 5.41) is 2.13. The van der Waals surface area contributed by atoms with Gasteiger partial charge in [-0.2, -0.15) is 5.06 Å². The Morgan fingerprint density at radius 2 is 1.64 bits per heavy atom. The number of nitrogens with one attached hydrogen (secondary N) is 1. The molecule has 14 heavy (non-hydrogen) atoms. The molecular formula is C10H21IN2O. The minimum atomic E-state index is 0.0966. The summed E-state index contributed by atoms with van der Waals surface area (Å²) in [6.45, 7) is 8.94. The highest BCUT2D eigenvalue weighted by Crippen LogP contribution is 2.38. The predicted molar refractivity (Wildman–Crippen MR) is 67.2 cm³/mol. The molecule has 4 heteroatoms. The molecule has 84 valence electrons. The van der Waals surface area contributed by atoms with Gasteiger partial charge < -0.3 is 4.84 Å². The lowest BCUT2D eigenvalue weighted by Gasteiger charge is -2.53. The van der Waals surface area contributed by atoms with E-state index >= 15 is 0 Å². The molecule has 1 rings (SSSR count). The maximum absolute atomic E-state index is 5.52. The number of hydroxylamine groups is 2. The summed E-state index contributed by atoms with van der Waals surface area (Å²) in [6.07, 6.45) is 2.24. The average molecular weight is 312 g/mol. The Labute approximate surface area is 101 Å². The lowest BCUT2D eigenvalue weighted by molar-refractivity contribution is -0.266. The van der Waals surface area contributed by atoms with E-state index in [4.69, 9.17) is 4.84 Å². The normalized spacial score (nSPS) is 27.9. The van der Waals surface area contributed by atoms with Gasteiger partial charge in [0.1, 0.15) is 0 Å². The van der Waals surface area contributed by atoms with E-state index in [1.54, 1.807) is 7.11 Å². The first-order valence-electron chi connectivity index (χ1n) is 5.04. The van der Waals surface area contributed by atoms with Crippen LogP contribution in [0.15, 0.2) is 0 Å². The van der Waals surface area contributed by atoms with Gasteiger partial charge in [0.25, 0.3) is 0 Å². The summed E-state index contributed by atoms with van der Waals surface area (Å²) in [6, 6.07) is 0.576. The predicted octanol–water partition coefficient (Wildman–Crippen LogP) is 2.51. The largest absolute Gasteiger partial charge is 0.301 e. The number of rotatable bonds is 2. The van der Waals surface area contributed by atoms with Gasteiger partial charge in [0.2, 0.25) is 0 Å². The van der Waals surface area contributed by atoms with Crippen molar-refractivity contribution in [1.82, 2.24) is 8.59 Å². The quantitative estimate of drug-likeness (QED) is 0.626. The van der Waals surface area contributed by atoms with E-state index in [0.717, 1.165) is 12.8 Å². The molecule has 0 spiro atoms. The van der Waals surface area contributed by atoms with Crippen LogP contribution in [0.1, 0.15) is 40.5 Å². The number of nitrogens with zero attached hydrogens (tertiary/aromatic N) is 1. The van der Waals surface area contributed by atoms with Crippen LogP contribution in [0, 0.1) is 0 Å². The smallest absolute Gasteiger partial charge is 0.0575 e. The van der Waals surface area contributed by atoms with Crippen molar-refractivity contribution >= 4 is 22.9 Å². The fourth-order valence-corrected chi connectivity index (χ4v) is 3.28. The topological polar surface area (TPSA) is 24.5 Å². The minimum Gasteiger partial charge on any atom is -0.301 e. The van der Waals surface area contributed by atoms with Crippen LogP contribution in [-0.2, 0) is 4.84 Å². The van der Waals surface area contributed by atoms with Gasteiger partial charge in [-0.05, 0) is 40.5 Å². The Balaban J connectivity index is 2.87. The van der Waals surface area contributed by atoms with Crippen molar-refractivity contribution in [2.24, 2.45) is 0 Å². The third-order valence-corrected chi connectivity index (χ3v) is 3.81. The van der Waals surface area contributed by atoms with Crippen molar-refractivity contribution in [3.05, 3.63) is 0 Å². The van der Waals surface area contributed by atoms with Crippen LogP contribution in [0.5, 0.6) is 0 Å². The highest BCUT2D eigenvalue weighted by molar-refractivity contribution is 14.1. The van der Waals surface area contributed by atoms with Gasteiger partial charge in [-0.3, -0.25) is 3.53 Å². The first kappa shape index (κ1) is 12.7. The van der Waals surface area contributed by atoms with Gasteiger partial charge >= 0.3 is 0 Å². The van der Waals surface area contributed by atoms with Crippen molar-refractivity contribution in [3.63, 3.8) is 0 Å². The Kier molecular flexibility index (Phi) is 3.83. The first-order chi connectivity index (χ1) is 6.33. The van der Waals surface area contributed by atoms with E-state index in [0.29, 0.717) is 6.04 Å². The summed E-state index contributed by atoms with van der Waals surface area (Å²) in [7, 11) is 1.77. The zero-order valence-electron chi connectivity index (χ0n) is 9.72. The Morgan fingerprint density at radius 1 is 1.21 bits per heavy atom. The van der Waals surface area contributed by atoms with E-state index in [9.17, 15) is 0 Å². The van der Waals surface area contributed by atoms with Gasteiger partial charge in [-0.15, -0.1) is 0 Å². The maximum Gasteiger partial charge on any atom is 0.0575 e. The molecule has 0 saturated carbocycles. The van der Waals surface area contributed by atoms with Crippen LogP contribution in [0.25, 0.3) is 0 Å². The molecule has 0 atom stereocenters. The number of halogens is 1. The second-order valence-corrected chi connectivity index (χ2v) is 5.94. The van der Waals surface area contributed by atoms with Crippen LogP contribution in [-0.4, -0.2) is 29.3 Å². The number of hydrogen-bond acceptors (Lipinski definition) is 3. The molecule has 0 amide bonds. The van der Waals surface area contributed by atoms with Crippen LogP contribution >= 0.6 is 22.9 Å². The fraction of sp³-hybridized carbons (Fsp3) is 1.00. The van der Waals surface area contributed by atoms with E-state index in [1.165, 1.54) is 0 Å². The molecule has 3 nitrogen and oxygen atoms in total. The molecule has 1 N–H and O–H groups in total. The van der Waals surface area contributed by atoms with Gasteiger partial charge in [0, 0.05) is 40.0 Å². The first-order valence-corrected chi connectivity index (χ1v) is 6.12. The molecular weight excluding hydrogens is 291 g/mol. The molecule has 0 aliphatic carbocycles. The summed E-state index contributed by atoms with van der Waals surface area (Å²) in [5.74, 6) is 0. The molecule has 0 unspecified atom stereocenters. The summed E-state index contributed by atoms with van der Waals surface area (Å²) in [4.78, 5) is 5.52. The average Bonchev–Trinajstić information content (AvgIpc) is 2.00. The molecule has 1 heterocycles. The van der Waals surface area contributed by atoms with Crippen molar-refractivity contribution in [1.29, 1.82) is 0 Å². The van der Waals surface area contributed by atoms with Gasteiger partial charge in [0.05, 0.1) is 7.11 Å². The van der Waals surface area contributed by atoms with Crippen molar-refractivity contribution < 1.29 is 4.84 Å². The standard InChI is InChI=1S/C10H21IN2O/c1-9(2)6-8(12-11)7-10(3,4)13(9)14-5/h8,12H,6-7H2,1-5H3. The molecule has 1 fully saturated rings. The highest BCUT2D eigenvalue weighted by atomic mass is 127. The molecule has 0 aromatic rings. The molecule has 0 radical (unpaired) electrons.